The Balaban J connectivity index is 1.73. The van der Waals surface area contributed by atoms with Gasteiger partial charge in [0.25, 0.3) is 0 Å². The van der Waals surface area contributed by atoms with E-state index >= 15 is 0 Å². The van der Waals surface area contributed by atoms with E-state index in [2.05, 4.69) is 5.32 Å². The van der Waals surface area contributed by atoms with Crippen molar-refractivity contribution in [2.24, 2.45) is 11.5 Å². The summed E-state index contributed by atoms with van der Waals surface area (Å²) in [5, 5.41) is 75.2. The van der Waals surface area contributed by atoms with Gasteiger partial charge in [0.15, 0.2) is 12.6 Å². The minimum Gasteiger partial charge on any atom is -0.391 e. The van der Waals surface area contributed by atoms with E-state index < -0.39 is 91.2 Å². The van der Waals surface area contributed by atoms with Crippen molar-refractivity contribution in [3.63, 3.8) is 0 Å². The highest BCUT2D eigenvalue weighted by Crippen LogP contribution is 2.32. The first kappa shape index (κ1) is 28.0. The van der Waals surface area contributed by atoms with Crippen LogP contribution in [-0.2, 0) is 18.9 Å². The van der Waals surface area contributed by atoms with E-state index in [0.29, 0.717) is 0 Å². The van der Waals surface area contributed by atoms with Gasteiger partial charge >= 0.3 is 0 Å². The van der Waals surface area contributed by atoms with E-state index in [-0.39, 0.29) is 13.0 Å². The van der Waals surface area contributed by atoms with Crippen LogP contribution in [0.4, 0.5) is 0 Å². The van der Waals surface area contributed by atoms with Crippen LogP contribution >= 0.6 is 0 Å². The summed E-state index contributed by atoms with van der Waals surface area (Å²) < 4.78 is 22.5. The van der Waals surface area contributed by atoms with Gasteiger partial charge in [-0.1, -0.05) is 0 Å². The second-order valence-electron chi connectivity index (χ2n) is 9.73. The summed E-state index contributed by atoms with van der Waals surface area (Å²) >= 11 is 0. The molecule has 2 saturated heterocycles. The summed E-state index contributed by atoms with van der Waals surface area (Å²) in [4.78, 5) is 0. The van der Waals surface area contributed by atoms with E-state index in [9.17, 15) is 35.7 Å². The number of rotatable bonds is 6. The Morgan fingerprint density at radius 2 is 1.47 bits per heavy atom. The number of ether oxygens (including phenoxy) is 4. The number of hydrogen-bond donors (Lipinski definition) is 10. The first-order chi connectivity index (χ1) is 15.8. The van der Waals surface area contributed by atoms with E-state index in [1.807, 2.05) is 0 Å². The van der Waals surface area contributed by atoms with E-state index in [1.165, 1.54) is 13.8 Å². The van der Waals surface area contributed by atoms with Crippen molar-refractivity contribution < 1.29 is 54.7 Å². The Labute approximate surface area is 197 Å². The average Bonchev–Trinajstić information content (AvgIpc) is 2.75. The minimum atomic E-state index is -1.69. The molecule has 0 bridgehead atoms. The molecule has 3 rings (SSSR count). The molecule has 0 amide bonds. The van der Waals surface area contributed by atoms with Crippen LogP contribution < -0.4 is 16.8 Å². The molecular weight excluding hydrogens is 458 g/mol. The quantitative estimate of drug-likeness (QED) is 0.164. The standard InChI is InChI=1S/C20H39N3O11/c1-6(24)14-10(26)9(25)11(27)19(32-14)34-16-8(22)4-7(21)15(12(16)28)33-18-13(29)17(23-3)20(2,30)5-31-18/h6-19,23-30H,4-5,21-22H2,1-3H3. The van der Waals surface area contributed by atoms with Gasteiger partial charge in [-0.15, -0.1) is 0 Å². The molecule has 0 aromatic rings. The van der Waals surface area contributed by atoms with Gasteiger partial charge in [0.1, 0.15) is 54.4 Å². The third-order valence-electron chi connectivity index (χ3n) is 6.87. The van der Waals surface area contributed by atoms with Crippen molar-refractivity contribution in [2.75, 3.05) is 13.7 Å². The molecule has 0 aromatic heterocycles. The minimum absolute atomic E-state index is 0.121. The molecule has 1 aliphatic carbocycles. The van der Waals surface area contributed by atoms with Gasteiger partial charge in [-0.05, 0) is 27.3 Å². The fourth-order valence-corrected chi connectivity index (χ4v) is 4.90. The van der Waals surface area contributed by atoms with Crippen LogP contribution in [0.3, 0.4) is 0 Å². The van der Waals surface area contributed by atoms with E-state index in [1.54, 1.807) is 7.05 Å². The third-order valence-corrected chi connectivity index (χ3v) is 6.87. The predicted molar refractivity (Wildman–Crippen MR) is 114 cm³/mol. The highest BCUT2D eigenvalue weighted by atomic mass is 16.7. The number of aliphatic hydroxyl groups is 7. The Hall–Kier alpha value is -0.560. The maximum atomic E-state index is 11.0. The summed E-state index contributed by atoms with van der Waals surface area (Å²) in [5.41, 5.74) is 10.9. The summed E-state index contributed by atoms with van der Waals surface area (Å²) in [6.45, 7) is 2.69. The second-order valence-corrected chi connectivity index (χ2v) is 9.73. The molecule has 15 atom stereocenters. The van der Waals surface area contributed by atoms with Gasteiger partial charge in [0.05, 0.1) is 18.8 Å². The molecule has 200 valence electrons. The lowest BCUT2D eigenvalue weighted by Gasteiger charge is -2.49. The number of aliphatic hydroxyl groups excluding tert-OH is 6. The normalized spacial score (nSPS) is 53.5. The van der Waals surface area contributed by atoms with Crippen molar-refractivity contribution in [2.45, 2.75) is 112 Å². The Kier molecular flexibility index (Phi) is 8.92. The molecule has 34 heavy (non-hydrogen) atoms. The zero-order chi connectivity index (χ0) is 25.5. The summed E-state index contributed by atoms with van der Waals surface area (Å²) in [5.74, 6) is 0. The summed E-state index contributed by atoms with van der Waals surface area (Å²) in [7, 11) is 1.57. The van der Waals surface area contributed by atoms with Crippen molar-refractivity contribution in [1.29, 1.82) is 0 Å². The maximum Gasteiger partial charge on any atom is 0.187 e. The first-order valence-electron chi connectivity index (χ1n) is 11.4. The Bertz CT molecular complexity index is 674. The van der Waals surface area contributed by atoms with Crippen molar-refractivity contribution in [3.05, 3.63) is 0 Å². The lowest BCUT2D eigenvalue weighted by Crippen LogP contribution is -2.69. The molecule has 3 fully saturated rings. The molecular formula is C20H39N3O11. The number of nitrogens with two attached hydrogens (primary N) is 2. The molecule has 15 unspecified atom stereocenters. The highest BCUT2D eigenvalue weighted by Gasteiger charge is 2.52. The van der Waals surface area contributed by atoms with Gasteiger partial charge in [0.2, 0.25) is 0 Å². The molecule has 0 aromatic carbocycles. The summed E-state index contributed by atoms with van der Waals surface area (Å²) in [6.07, 6.45) is -15.1. The first-order valence-corrected chi connectivity index (χ1v) is 11.4. The molecule has 0 spiro atoms. The zero-order valence-corrected chi connectivity index (χ0v) is 19.4. The lowest BCUT2D eigenvalue weighted by molar-refractivity contribution is -0.337. The van der Waals surface area contributed by atoms with Crippen LogP contribution in [0.2, 0.25) is 0 Å². The smallest absolute Gasteiger partial charge is 0.187 e. The van der Waals surface area contributed by atoms with Crippen LogP contribution in [0.15, 0.2) is 0 Å². The Morgan fingerprint density at radius 3 is 2.00 bits per heavy atom. The van der Waals surface area contributed by atoms with Crippen molar-refractivity contribution in [3.8, 4) is 0 Å². The van der Waals surface area contributed by atoms with Gasteiger partial charge in [-0.25, -0.2) is 0 Å². The number of hydrogen-bond acceptors (Lipinski definition) is 14. The van der Waals surface area contributed by atoms with Crippen LogP contribution in [0.1, 0.15) is 20.3 Å². The van der Waals surface area contributed by atoms with E-state index in [0.717, 1.165) is 0 Å². The van der Waals surface area contributed by atoms with E-state index in [4.69, 9.17) is 30.4 Å². The van der Waals surface area contributed by atoms with Crippen molar-refractivity contribution in [1.82, 2.24) is 5.32 Å². The molecule has 3 aliphatic rings. The maximum absolute atomic E-state index is 11.0. The van der Waals surface area contributed by atoms with Gasteiger partial charge in [-0.3, -0.25) is 0 Å². The monoisotopic (exact) mass is 497 g/mol. The number of likely N-dealkylation sites (N-methyl/N-ethyl adjacent to an activating group) is 1. The number of nitrogens with one attached hydrogen (secondary N) is 1. The van der Waals surface area contributed by atoms with Crippen LogP contribution in [-0.4, -0.2) is 141 Å². The molecule has 12 N–H and O–H groups in total. The predicted octanol–water partition coefficient (Wildman–Crippen LogP) is -5.58. The average molecular weight is 498 g/mol. The summed E-state index contributed by atoms with van der Waals surface area (Å²) in [6, 6.07) is -2.38. The van der Waals surface area contributed by atoms with Crippen LogP contribution in [0, 0.1) is 0 Å². The van der Waals surface area contributed by atoms with Gasteiger partial charge in [0, 0.05) is 12.1 Å². The molecule has 2 heterocycles. The highest BCUT2D eigenvalue weighted by molar-refractivity contribution is 5.02. The third kappa shape index (κ3) is 5.40. The molecule has 2 aliphatic heterocycles. The second kappa shape index (κ2) is 10.8. The topological polar surface area (TPSA) is 243 Å². The van der Waals surface area contributed by atoms with Gasteiger partial charge < -0.3 is 71.5 Å². The molecule has 1 saturated carbocycles. The van der Waals surface area contributed by atoms with Gasteiger partial charge in [-0.2, -0.15) is 0 Å². The zero-order valence-electron chi connectivity index (χ0n) is 19.4. The largest absolute Gasteiger partial charge is 0.391 e. The van der Waals surface area contributed by atoms with Crippen LogP contribution in [0.25, 0.3) is 0 Å². The molecule has 0 radical (unpaired) electrons. The van der Waals surface area contributed by atoms with Crippen LogP contribution in [0.5, 0.6) is 0 Å². The molecule has 14 heteroatoms. The Morgan fingerprint density at radius 1 is 0.912 bits per heavy atom. The fraction of sp³-hybridized carbons (Fsp3) is 1.00. The SMILES string of the molecule is CNC1C(O)C(OC2C(N)CC(N)C(OC3OC(C(C)O)C(O)C(O)C3O)C2O)OCC1(C)O. The lowest BCUT2D eigenvalue weighted by atomic mass is 9.84. The fourth-order valence-electron chi connectivity index (χ4n) is 4.90. The molecule has 14 nitrogen and oxygen atoms in total. The van der Waals surface area contributed by atoms with Crippen molar-refractivity contribution >= 4 is 0 Å².